The minimum atomic E-state index is -0.723. The van der Waals surface area contributed by atoms with Crippen molar-refractivity contribution in [2.24, 2.45) is 0 Å². The van der Waals surface area contributed by atoms with Crippen molar-refractivity contribution in [3.63, 3.8) is 0 Å². The second-order valence-electron chi connectivity index (χ2n) is 5.91. The Balaban J connectivity index is 1.78. The number of hydrogen-bond donors (Lipinski definition) is 1. The third kappa shape index (κ3) is 6.99. The number of carbonyl (C=O) groups excluding carboxylic acids is 2. The average Bonchev–Trinajstić information content (AvgIpc) is 2.70. The summed E-state index contributed by atoms with van der Waals surface area (Å²) in [7, 11) is 0. The van der Waals surface area contributed by atoms with Crippen molar-refractivity contribution in [1.29, 1.82) is 0 Å². The van der Waals surface area contributed by atoms with E-state index in [4.69, 9.17) is 44.3 Å². The summed E-state index contributed by atoms with van der Waals surface area (Å²) in [5, 5.41) is 3.39. The van der Waals surface area contributed by atoms with E-state index in [1.54, 1.807) is 12.1 Å². The van der Waals surface area contributed by atoms with Gasteiger partial charge in [0.25, 0.3) is 5.91 Å². The fourth-order valence-corrected chi connectivity index (χ4v) is 3.07. The van der Waals surface area contributed by atoms with Gasteiger partial charge in [-0.05, 0) is 44.2 Å². The third-order valence-electron chi connectivity index (χ3n) is 3.96. The van der Waals surface area contributed by atoms with Crippen LogP contribution in [-0.4, -0.2) is 38.2 Å². The molecule has 0 spiro atoms. The Hall–Kier alpha value is -2.15. The fourth-order valence-electron chi connectivity index (χ4n) is 2.48. The maximum atomic E-state index is 12.0. The minimum Gasteiger partial charge on any atom is -0.480 e. The van der Waals surface area contributed by atoms with E-state index in [2.05, 4.69) is 24.1 Å². The molecule has 2 aromatic rings. The maximum Gasteiger partial charge on any atom is 0.344 e. The number of carbonyl (C=O) groups is 2. The van der Waals surface area contributed by atoms with Gasteiger partial charge in [-0.3, -0.25) is 4.79 Å². The first-order valence-corrected chi connectivity index (χ1v) is 10.0. The van der Waals surface area contributed by atoms with Crippen molar-refractivity contribution < 1.29 is 19.1 Å². The van der Waals surface area contributed by atoms with Crippen LogP contribution in [0.15, 0.2) is 36.4 Å². The molecule has 0 saturated heterocycles. The number of nitrogens with zero attached hydrogens (tertiary/aromatic N) is 1. The summed E-state index contributed by atoms with van der Waals surface area (Å²) in [6.07, 6.45) is 0. The van der Waals surface area contributed by atoms with Crippen molar-refractivity contribution in [2.45, 2.75) is 13.8 Å². The quantitative estimate of drug-likeness (QED) is 0.420. The van der Waals surface area contributed by atoms with E-state index in [1.807, 2.05) is 12.1 Å². The summed E-state index contributed by atoms with van der Waals surface area (Å²) in [4.78, 5) is 25.9. The van der Waals surface area contributed by atoms with Gasteiger partial charge in [-0.15, -0.1) is 0 Å². The summed E-state index contributed by atoms with van der Waals surface area (Å²) >= 11 is 17.7. The molecule has 0 fully saturated rings. The molecule has 0 heterocycles. The monoisotopic (exact) mass is 458 g/mol. The number of benzene rings is 2. The maximum absolute atomic E-state index is 12.0. The van der Waals surface area contributed by atoms with Crippen molar-refractivity contribution in [2.75, 3.05) is 36.5 Å². The van der Waals surface area contributed by atoms with Crippen LogP contribution in [0, 0.1) is 0 Å². The van der Waals surface area contributed by atoms with E-state index in [0.717, 1.165) is 18.8 Å². The van der Waals surface area contributed by atoms with Crippen LogP contribution in [0.4, 0.5) is 11.4 Å². The molecular formula is C20H21Cl3N2O4. The number of rotatable bonds is 9. The van der Waals surface area contributed by atoms with Crippen LogP contribution >= 0.6 is 34.8 Å². The van der Waals surface area contributed by atoms with Gasteiger partial charge in [0.2, 0.25) is 0 Å². The lowest BCUT2D eigenvalue weighted by Crippen LogP contribution is -2.24. The molecule has 2 aromatic carbocycles. The molecule has 1 N–H and O–H groups in total. The van der Waals surface area contributed by atoms with Gasteiger partial charge in [0.1, 0.15) is 5.75 Å². The zero-order chi connectivity index (χ0) is 21.4. The summed E-state index contributed by atoms with van der Waals surface area (Å²) in [6.45, 7) is 5.08. The molecule has 1 amide bonds. The zero-order valence-corrected chi connectivity index (χ0v) is 18.3. The van der Waals surface area contributed by atoms with Gasteiger partial charge in [0, 0.05) is 30.5 Å². The fraction of sp³-hybridized carbons (Fsp3) is 0.300. The van der Waals surface area contributed by atoms with E-state index in [0.29, 0.717) is 5.69 Å². The average molecular weight is 460 g/mol. The normalized spacial score (nSPS) is 10.4. The Morgan fingerprint density at radius 1 is 0.931 bits per heavy atom. The lowest BCUT2D eigenvalue weighted by atomic mass is 10.2. The molecule has 0 bridgehead atoms. The predicted molar refractivity (Wildman–Crippen MR) is 117 cm³/mol. The highest BCUT2D eigenvalue weighted by Gasteiger charge is 2.12. The highest BCUT2D eigenvalue weighted by Crippen LogP contribution is 2.33. The Bertz CT molecular complexity index is 856. The van der Waals surface area contributed by atoms with Crippen LogP contribution in [0.5, 0.6) is 5.75 Å². The predicted octanol–water partition coefficient (Wildman–Crippen LogP) is 5.05. The first kappa shape index (κ1) is 23.1. The van der Waals surface area contributed by atoms with Crippen molar-refractivity contribution in [3.05, 3.63) is 51.5 Å². The molecule has 0 aliphatic heterocycles. The Morgan fingerprint density at radius 3 is 2.17 bits per heavy atom. The van der Waals surface area contributed by atoms with E-state index in [1.165, 1.54) is 12.1 Å². The van der Waals surface area contributed by atoms with Crippen LogP contribution in [0.2, 0.25) is 15.1 Å². The van der Waals surface area contributed by atoms with E-state index >= 15 is 0 Å². The molecule has 9 heteroatoms. The van der Waals surface area contributed by atoms with E-state index in [9.17, 15) is 9.59 Å². The molecule has 0 saturated carbocycles. The Kier molecular flexibility index (Phi) is 8.89. The molecule has 0 atom stereocenters. The lowest BCUT2D eigenvalue weighted by Gasteiger charge is -2.21. The first-order valence-electron chi connectivity index (χ1n) is 8.91. The number of ether oxygens (including phenoxy) is 2. The molecule has 0 radical (unpaired) electrons. The number of amides is 1. The van der Waals surface area contributed by atoms with Gasteiger partial charge in [-0.1, -0.05) is 34.8 Å². The molecule has 29 heavy (non-hydrogen) atoms. The Morgan fingerprint density at radius 2 is 1.55 bits per heavy atom. The second-order valence-corrected chi connectivity index (χ2v) is 7.14. The highest BCUT2D eigenvalue weighted by atomic mass is 35.5. The summed E-state index contributed by atoms with van der Waals surface area (Å²) in [5.41, 5.74) is 1.68. The number of hydrogen-bond acceptors (Lipinski definition) is 5. The topological polar surface area (TPSA) is 67.9 Å². The molecule has 0 aliphatic carbocycles. The van der Waals surface area contributed by atoms with Crippen molar-refractivity contribution >= 4 is 58.1 Å². The molecule has 156 valence electrons. The van der Waals surface area contributed by atoms with Crippen LogP contribution in [0.1, 0.15) is 13.8 Å². The third-order valence-corrected chi connectivity index (χ3v) is 4.98. The zero-order valence-electron chi connectivity index (χ0n) is 16.0. The van der Waals surface area contributed by atoms with E-state index in [-0.39, 0.29) is 20.8 Å². The van der Waals surface area contributed by atoms with Crippen LogP contribution < -0.4 is 15.0 Å². The molecular weight excluding hydrogens is 439 g/mol. The molecule has 0 aromatic heterocycles. The molecule has 0 aliphatic rings. The summed E-state index contributed by atoms with van der Waals surface area (Å²) < 4.78 is 10.2. The summed E-state index contributed by atoms with van der Waals surface area (Å²) in [5.74, 6) is -0.989. The van der Waals surface area contributed by atoms with Crippen LogP contribution in [0.3, 0.4) is 0 Å². The molecule has 0 unspecified atom stereocenters. The number of anilines is 2. The second kappa shape index (κ2) is 11.1. The highest BCUT2D eigenvalue weighted by molar-refractivity contribution is 6.43. The number of nitrogens with one attached hydrogen (secondary N) is 1. The van der Waals surface area contributed by atoms with Crippen molar-refractivity contribution in [3.8, 4) is 5.75 Å². The largest absolute Gasteiger partial charge is 0.480 e. The van der Waals surface area contributed by atoms with Gasteiger partial charge in [0.15, 0.2) is 13.2 Å². The van der Waals surface area contributed by atoms with Crippen LogP contribution in [-0.2, 0) is 14.3 Å². The van der Waals surface area contributed by atoms with Crippen LogP contribution in [0.25, 0.3) is 0 Å². The SMILES string of the molecule is CCN(CC)c1ccc(NC(=O)COC(=O)COc2cc(Cl)c(Cl)cc2Cl)cc1. The first-order chi connectivity index (χ1) is 13.8. The number of halogens is 3. The standard InChI is InChI=1S/C20H21Cl3N2O4/c1-3-25(4-2)14-7-5-13(6-8-14)24-19(26)11-29-20(27)12-28-18-10-16(22)15(21)9-17(18)23/h5-10H,3-4,11-12H2,1-2H3,(H,24,26). The van der Waals surface area contributed by atoms with E-state index < -0.39 is 25.1 Å². The number of esters is 1. The van der Waals surface area contributed by atoms with Crippen molar-refractivity contribution in [1.82, 2.24) is 0 Å². The van der Waals surface area contributed by atoms with Gasteiger partial charge in [-0.25, -0.2) is 4.79 Å². The summed E-state index contributed by atoms with van der Waals surface area (Å²) in [6, 6.07) is 10.2. The minimum absolute atomic E-state index is 0.191. The van der Waals surface area contributed by atoms with Gasteiger partial charge in [-0.2, -0.15) is 0 Å². The van der Waals surface area contributed by atoms with Gasteiger partial charge >= 0.3 is 5.97 Å². The van der Waals surface area contributed by atoms with Gasteiger partial charge in [0.05, 0.1) is 15.1 Å². The molecule has 2 rings (SSSR count). The Labute approximate surface area is 184 Å². The molecule has 6 nitrogen and oxygen atoms in total. The smallest absolute Gasteiger partial charge is 0.344 e. The van der Waals surface area contributed by atoms with Gasteiger partial charge < -0.3 is 19.7 Å². The lowest BCUT2D eigenvalue weighted by molar-refractivity contribution is -0.149.